The Kier molecular flexibility index (Phi) is 18.3. The number of hydrogen-bond donors (Lipinski definition) is 5. The molecule has 12 nitrogen and oxygen atoms in total. The van der Waals surface area contributed by atoms with Crippen LogP contribution in [0, 0.1) is 17.8 Å². The van der Waals surface area contributed by atoms with Crippen molar-refractivity contribution in [2.75, 3.05) is 0 Å². The number of esters is 2. The van der Waals surface area contributed by atoms with Crippen molar-refractivity contribution in [2.24, 2.45) is 17.8 Å². The van der Waals surface area contributed by atoms with E-state index in [1.54, 1.807) is 36.4 Å². The summed E-state index contributed by atoms with van der Waals surface area (Å²) in [5.41, 5.74) is 3.29. The van der Waals surface area contributed by atoms with Gasteiger partial charge in [0.15, 0.2) is 0 Å². The molecule has 0 bridgehead atoms. The molecule has 0 radical (unpaired) electrons. The number of hydrogen-bond acceptors (Lipinski definition) is 9. The fourth-order valence-corrected chi connectivity index (χ4v) is 5.40. The Morgan fingerprint density at radius 1 is 0.509 bits per heavy atom. The molecule has 0 heterocycles. The molecule has 0 spiro atoms. The summed E-state index contributed by atoms with van der Waals surface area (Å²) < 4.78 is 10.8. The topological polar surface area (TPSA) is 180 Å². The number of phenols is 2. The second kappa shape index (κ2) is 23.0. The zero-order valence-corrected chi connectivity index (χ0v) is 33.4. The SMILES string of the molecule is CC(=O)N[C@H](C(=O)NC(Cc1ccc(O)cc1)C(=O)OCc1ccccc1)C(C)C.CC(C)[C@H](C)C(=O)NC(Cc1ccc(O)cc1)C(=O)OCc1ccccc1. The molecule has 4 aromatic carbocycles. The summed E-state index contributed by atoms with van der Waals surface area (Å²) in [4.78, 5) is 62.1. The summed E-state index contributed by atoms with van der Waals surface area (Å²) in [5, 5.41) is 27.0. The molecule has 4 atom stereocenters. The molecule has 12 heteroatoms. The van der Waals surface area contributed by atoms with E-state index in [-0.39, 0.29) is 60.7 Å². The third-order valence-electron chi connectivity index (χ3n) is 9.12. The zero-order valence-electron chi connectivity index (χ0n) is 33.4. The van der Waals surface area contributed by atoms with Crippen molar-refractivity contribution < 1.29 is 43.7 Å². The van der Waals surface area contributed by atoms with Crippen LogP contribution in [0.25, 0.3) is 0 Å². The average molecular weight is 782 g/mol. The van der Waals surface area contributed by atoms with Crippen LogP contribution in [-0.2, 0) is 59.5 Å². The normalized spacial score (nSPS) is 12.8. The Morgan fingerprint density at radius 2 is 0.895 bits per heavy atom. The molecule has 5 N–H and O–H groups in total. The Labute approximate surface area is 335 Å². The molecule has 0 fully saturated rings. The van der Waals surface area contributed by atoms with E-state index in [4.69, 9.17) is 9.47 Å². The van der Waals surface area contributed by atoms with Gasteiger partial charge in [-0.25, -0.2) is 9.59 Å². The van der Waals surface area contributed by atoms with Crippen LogP contribution >= 0.6 is 0 Å². The van der Waals surface area contributed by atoms with E-state index in [9.17, 15) is 34.2 Å². The van der Waals surface area contributed by atoms with E-state index >= 15 is 0 Å². The Balaban J connectivity index is 0.000000307. The first-order chi connectivity index (χ1) is 27.1. The molecule has 304 valence electrons. The van der Waals surface area contributed by atoms with E-state index in [1.165, 1.54) is 19.1 Å². The van der Waals surface area contributed by atoms with Gasteiger partial charge in [-0.1, -0.05) is 120 Å². The van der Waals surface area contributed by atoms with E-state index in [0.29, 0.717) is 6.42 Å². The molecule has 4 aromatic rings. The lowest BCUT2D eigenvalue weighted by Crippen LogP contribution is -2.54. The summed E-state index contributed by atoms with van der Waals surface area (Å²) in [7, 11) is 0. The first-order valence-electron chi connectivity index (χ1n) is 19.0. The highest BCUT2D eigenvalue weighted by Gasteiger charge is 2.30. The number of nitrogens with one attached hydrogen (secondary N) is 3. The molecule has 0 aliphatic heterocycles. The number of rotatable bonds is 17. The van der Waals surface area contributed by atoms with E-state index < -0.39 is 36.0 Å². The third-order valence-corrected chi connectivity index (χ3v) is 9.12. The van der Waals surface area contributed by atoms with Crippen LogP contribution in [0.4, 0.5) is 0 Å². The number of amides is 3. The van der Waals surface area contributed by atoms with Gasteiger partial charge in [0.2, 0.25) is 17.7 Å². The van der Waals surface area contributed by atoms with Gasteiger partial charge in [-0.05, 0) is 58.4 Å². The fourth-order valence-electron chi connectivity index (χ4n) is 5.40. The Hall–Kier alpha value is -6.17. The van der Waals surface area contributed by atoms with Crippen molar-refractivity contribution in [3.8, 4) is 11.5 Å². The number of carbonyl (C=O) groups excluding carboxylic acids is 5. The smallest absolute Gasteiger partial charge is 0.329 e. The Morgan fingerprint density at radius 3 is 1.25 bits per heavy atom. The van der Waals surface area contributed by atoms with Gasteiger partial charge >= 0.3 is 11.9 Å². The molecule has 0 saturated carbocycles. The van der Waals surface area contributed by atoms with Crippen LogP contribution in [0.2, 0.25) is 0 Å². The van der Waals surface area contributed by atoms with Crippen molar-refractivity contribution >= 4 is 29.7 Å². The molecule has 2 unspecified atom stereocenters. The second-order valence-electron chi connectivity index (χ2n) is 14.5. The highest BCUT2D eigenvalue weighted by Crippen LogP contribution is 2.16. The molecule has 57 heavy (non-hydrogen) atoms. The number of aromatic hydroxyl groups is 2. The van der Waals surface area contributed by atoms with Gasteiger partial charge < -0.3 is 35.6 Å². The van der Waals surface area contributed by atoms with Crippen LogP contribution in [0.1, 0.15) is 63.8 Å². The summed E-state index contributed by atoms with van der Waals surface area (Å²) in [6.07, 6.45) is 0.481. The standard InChI is InChI=1S/C23H28N2O5.C22H27NO4/c1-15(2)21(24-16(3)26)22(28)25-20(13-17-9-11-19(27)12-10-17)23(29)30-14-18-7-5-4-6-8-18;1-15(2)16(3)21(25)23-20(13-17-9-11-19(24)12-10-17)22(26)27-14-18-7-5-4-6-8-18/h4-12,15,20-21,27H,13-14H2,1-3H3,(H,24,26)(H,25,28);4-12,15-16,20,24H,13-14H2,1-3H3,(H,23,25)/t20?,21-;16-,20?/m00/s1. The van der Waals surface area contributed by atoms with Crippen LogP contribution < -0.4 is 16.0 Å². The number of benzene rings is 4. The predicted molar refractivity (Wildman–Crippen MR) is 216 cm³/mol. The molecular formula is C45H55N3O9. The average Bonchev–Trinajstić information content (AvgIpc) is 3.19. The van der Waals surface area contributed by atoms with Gasteiger partial charge in [-0.2, -0.15) is 0 Å². The first kappa shape index (κ1) is 45.2. The minimum atomic E-state index is -0.944. The largest absolute Gasteiger partial charge is 0.508 e. The minimum Gasteiger partial charge on any atom is -0.508 e. The molecular weight excluding hydrogens is 727 g/mol. The molecule has 3 amide bonds. The lowest BCUT2D eigenvalue weighted by atomic mass is 9.96. The highest BCUT2D eigenvalue weighted by molar-refractivity contribution is 5.90. The Bertz CT molecular complexity index is 1870. The number of ether oxygens (including phenoxy) is 2. The molecule has 0 aromatic heterocycles. The van der Waals surface area contributed by atoms with E-state index in [1.807, 2.05) is 95.3 Å². The van der Waals surface area contributed by atoms with E-state index in [2.05, 4.69) is 16.0 Å². The summed E-state index contributed by atoms with van der Waals surface area (Å²) in [5.74, 6) is -1.97. The van der Waals surface area contributed by atoms with Crippen LogP contribution in [-0.4, -0.2) is 58.0 Å². The number of carbonyl (C=O) groups is 5. The molecule has 0 saturated heterocycles. The first-order valence-corrected chi connectivity index (χ1v) is 19.0. The quantitative estimate of drug-likeness (QED) is 0.0831. The van der Waals surface area contributed by atoms with Gasteiger partial charge in [0, 0.05) is 25.7 Å². The van der Waals surface area contributed by atoms with Crippen LogP contribution in [0.5, 0.6) is 11.5 Å². The van der Waals surface area contributed by atoms with Crippen molar-refractivity contribution in [3.05, 3.63) is 131 Å². The van der Waals surface area contributed by atoms with Crippen molar-refractivity contribution in [1.82, 2.24) is 16.0 Å². The fraction of sp³-hybridized carbons (Fsp3) is 0.356. The minimum absolute atomic E-state index is 0.0843. The summed E-state index contributed by atoms with van der Waals surface area (Å²) >= 11 is 0. The van der Waals surface area contributed by atoms with Crippen LogP contribution in [0.3, 0.4) is 0 Å². The summed E-state index contributed by atoms with van der Waals surface area (Å²) in [6, 6.07) is 29.1. The molecule has 0 aliphatic carbocycles. The van der Waals surface area contributed by atoms with Crippen molar-refractivity contribution in [2.45, 2.75) is 85.7 Å². The van der Waals surface area contributed by atoms with Gasteiger partial charge in [0.1, 0.15) is 42.8 Å². The molecule has 4 rings (SSSR count). The lowest BCUT2D eigenvalue weighted by molar-refractivity contribution is -0.150. The van der Waals surface area contributed by atoms with Crippen molar-refractivity contribution in [3.63, 3.8) is 0 Å². The monoisotopic (exact) mass is 781 g/mol. The maximum Gasteiger partial charge on any atom is 0.329 e. The summed E-state index contributed by atoms with van der Waals surface area (Å²) in [6.45, 7) is 11.0. The van der Waals surface area contributed by atoms with E-state index in [0.717, 1.165) is 22.3 Å². The number of phenolic OH excluding ortho intramolecular Hbond substituents is 2. The highest BCUT2D eigenvalue weighted by atomic mass is 16.5. The van der Waals surface area contributed by atoms with Crippen LogP contribution in [0.15, 0.2) is 109 Å². The van der Waals surface area contributed by atoms with Crippen molar-refractivity contribution in [1.29, 1.82) is 0 Å². The zero-order chi connectivity index (χ0) is 41.9. The maximum absolute atomic E-state index is 12.8. The van der Waals surface area contributed by atoms with Gasteiger partial charge in [0.05, 0.1) is 0 Å². The second-order valence-corrected chi connectivity index (χ2v) is 14.5. The van der Waals surface area contributed by atoms with Gasteiger partial charge in [-0.3, -0.25) is 14.4 Å². The van der Waals surface area contributed by atoms with Gasteiger partial charge in [0.25, 0.3) is 0 Å². The predicted octanol–water partition coefficient (Wildman–Crippen LogP) is 5.78. The lowest BCUT2D eigenvalue weighted by Gasteiger charge is -2.24. The molecule has 0 aliphatic rings. The van der Waals surface area contributed by atoms with Gasteiger partial charge in [-0.15, -0.1) is 0 Å². The maximum atomic E-state index is 12.8. The third kappa shape index (κ3) is 16.2.